The lowest BCUT2D eigenvalue weighted by atomic mass is 9.98. The molecule has 0 fully saturated rings. The largest absolute Gasteiger partial charge is 0.348 e. The lowest BCUT2D eigenvalue weighted by molar-refractivity contribution is 0.0939. The normalized spacial score (nSPS) is 10.8. The van der Waals surface area contributed by atoms with Crippen molar-refractivity contribution >= 4 is 23.3 Å². The molecule has 0 aliphatic heterocycles. The van der Waals surface area contributed by atoms with Crippen LogP contribution >= 0.6 is 11.6 Å². The predicted molar refractivity (Wildman–Crippen MR) is 116 cm³/mol. The van der Waals surface area contributed by atoms with E-state index in [-0.39, 0.29) is 11.7 Å². The molecule has 5 heteroatoms. The quantitative estimate of drug-likeness (QED) is 0.585. The van der Waals surface area contributed by atoms with Crippen molar-refractivity contribution in [3.63, 3.8) is 0 Å². The average molecular weight is 407 g/mol. The van der Waals surface area contributed by atoms with Gasteiger partial charge in [-0.05, 0) is 55.6 Å². The van der Waals surface area contributed by atoms with Crippen LogP contribution in [0.4, 0.5) is 0 Å². The van der Waals surface area contributed by atoms with Gasteiger partial charge in [0.05, 0.1) is 5.56 Å². The van der Waals surface area contributed by atoms with Crippen molar-refractivity contribution < 1.29 is 9.59 Å². The highest BCUT2D eigenvalue weighted by atomic mass is 35.5. The molecule has 3 aromatic rings. The molecule has 0 radical (unpaired) electrons. The van der Waals surface area contributed by atoms with E-state index in [9.17, 15) is 9.59 Å². The van der Waals surface area contributed by atoms with Gasteiger partial charge in [-0.3, -0.25) is 9.59 Å². The van der Waals surface area contributed by atoms with E-state index in [4.69, 9.17) is 11.6 Å². The van der Waals surface area contributed by atoms with Crippen molar-refractivity contribution in [1.29, 1.82) is 0 Å². The van der Waals surface area contributed by atoms with Crippen LogP contribution in [0.5, 0.6) is 0 Å². The van der Waals surface area contributed by atoms with Gasteiger partial charge in [-0.2, -0.15) is 0 Å². The number of rotatable bonds is 7. The second-order valence-corrected chi connectivity index (χ2v) is 7.51. The topological polar surface area (TPSA) is 49.4 Å². The van der Waals surface area contributed by atoms with Gasteiger partial charge in [0, 0.05) is 29.2 Å². The minimum Gasteiger partial charge on any atom is -0.348 e. The molecule has 4 nitrogen and oxygen atoms in total. The first-order chi connectivity index (χ1) is 14.0. The highest BCUT2D eigenvalue weighted by Gasteiger charge is 2.18. The smallest absolute Gasteiger partial charge is 0.252 e. The SMILES string of the molecule is CN(C)Cc1ccccc1CNC(=O)c1ccccc1C(=O)c1ccc(Cl)cc1. The van der Waals surface area contributed by atoms with Gasteiger partial charge in [0.15, 0.2) is 5.78 Å². The van der Waals surface area contributed by atoms with Crippen molar-refractivity contribution in [2.24, 2.45) is 0 Å². The van der Waals surface area contributed by atoms with Gasteiger partial charge in [-0.1, -0.05) is 54.1 Å². The lowest BCUT2D eigenvalue weighted by Gasteiger charge is -2.15. The maximum Gasteiger partial charge on any atom is 0.252 e. The Morgan fingerprint density at radius 3 is 2.07 bits per heavy atom. The molecule has 148 valence electrons. The second-order valence-electron chi connectivity index (χ2n) is 7.07. The zero-order valence-corrected chi connectivity index (χ0v) is 17.2. The van der Waals surface area contributed by atoms with Crippen molar-refractivity contribution in [2.45, 2.75) is 13.1 Å². The molecule has 0 aliphatic rings. The fraction of sp³-hybridized carbons (Fsp3) is 0.167. The summed E-state index contributed by atoms with van der Waals surface area (Å²) in [4.78, 5) is 27.9. The third kappa shape index (κ3) is 5.31. The van der Waals surface area contributed by atoms with Gasteiger partial charge in [-0.25, -0.2) is 0 Å². The summed E-state index contributed by atoms with van der Waals surface area (Å²) in [5, 5.41) is 3.51. The molecule has 0 spiro atoms. The van der Waals surface area contributed by atoms with E-state index >= 15 is 0 Å². The molecule has 3 aromatic carbocycles. The third-order valence-corrected chi connectivity index (χ3v) is 4.82. The van der Waals surface area contributed by atoms with Gasteiger partial charge < -0.3 is 10.2 Å². The number of nitrogens with one attached hydrogen (secondary N) is 1. The first kappa shape index (κ1) is 20.8. The standard InChI is InChI=1S/C24H23ClN2O2/c1-27(2)16-19-8-4-3-7-18(19)15-26-24(29)22-10-6-5-9-21(22)23(28)17-11-13-20(25)14-12-17/h3-14H,15-16H2,1-2H3,(H,26,29). The van der Waals surface area contributed by atoms with E-state index in [1.807, 2.05) is 32.3 Å². The number of benzene rings is 3. The van der Waals surface area contributed by atoms with Crippen LogP contribution < -0.4 is 5.32 Å². The Kier molecular flexibility index (Phi) is 6.81. The fourth-order valence-corrected chi connectivity index (χ4v) is 3.26. The number of hydrogen-bond donors (Lipinski definition) is 1. The summed E-state index contributed by atoms with van der Waals surface area (Å²) < 4.78 is 0. The molecular formula is C24H23ClN2O2. The van der Waals surface area contributed by atoms with E-state index in [0.717, 1.165) is 17.7 Å². The van der Waals surface area contributed by atoms with Crippen LogP contribution in [-0.4, -0.2) is 30.7 Å². The predicted octanol–water partition coefficient (Wildman–Crippen LogP) is 4.56. The molecule has 0 aliphatic carbocycles. The first-order valence-corrected chi connectivity index (χ1v) is 9.72. The number of nitrogens with zero attached hydrogens (tertiary/aromatic N) is 1. The van der Waals surface area contributed by atoms with Crippen LogP contribution in [0.3, 0.4) is 0 Å². The van der Waals surface area contributed by atoms with Crippen molar-refractivity contribution in [3.8, 4) is 0 Å². The monoisotopic (exact) mass is 406 g/mol. The summed E-state index contributed by atoms with van der Waals surface area (Å²) in [6.07, 6.45) is 0. The number of ketones is 1. The highest BCUT2D eigenvalue weighted by Crippen LogP contribution is 2.18. The van der Waals surface area contributed by atoms with Gasteiger partial charge in [0.2, 0.25) is 0 Å². The van der Waals surface area contributed by atoms with Crippen molar-refractivity contribution in [2.75, 3.05) is 14.1 Å². The Morgan fingerprint density at radius 1 is 0.828 bits per heavy atom. The van der Waals surface area contributed by atoms with Crippen LogP contribution in [0.2, 0.25) is 5.02 Å². The zero-order valence-electron chi connectivity index (χ0n) is 16.5. The van der Waals surface area contributed by atoms with E-state index in [1.54, 1.807) is 48.5 Å². The summed E-state index contributed by atoms with van der Waals surface area (Å²) >= 11 is 5.91. The van der Waals surface area contributed by atoms with Crippen molar-refractivity contribution in [3.05, 3.63) is 106 Å². The zero-order chi connectivity index (χ0) is 20.8. The van der Waals surface area contributed by atoms with E-state index < -0.39 is 0 Å². The second kappa shape index (κ2) is 9.50. The highest BCUT2D eigenvalue weighted by molar-refractivity contribution is 6.30. The molecule has 0 aromatic heterocycles. The van der Waals surface area contributed by atoms with Gasteiger partial charge in [-0.15, -0.1) is 0 Å². The van der Waals surface area contributed by atoms with E-state index in [0.29, 0.717) is 28.3 Å². The number of amides is 1. The van der Waals surface area contributed by atoms with Crippen LogP contribution in [-0.2, 0) is 13.1 Å². The van der Waals surface area contributed by atoms with Crippen LogP contribution in [0.15, 0.2) is 72.8 Å². The maximum absolute atomic E-state index is 12.9. The molecule has 0 saturated carbocycles. The third-order valence-electron chi connectivity index (χ3n) is 4.57. The van der Waals surface area contributed by atoms with Gasteiger partial charge in [0.1, 0.15) is 0 Å². The number of halogens is 1. The van der Waals surface area contributed by atoms with E-state index in [2.05, 4.69) is 16.3 Å². The first-order valence-electron chi connectivity index (χ1n) is 9.34. The maximum atomic E-state index is 12.9. The molecular weight excluding hydrogens is 384 g/mol. The Labute approximate surface area is 176 Å². The van der Waals surface area contributed by atoms with Crippen molar-refractivity contribution in [1.82, 2.24) is 10.2 Å². The van der Waals surface area contributed by atoms with Crippen LogP contribution in [0.1, 0.15) is 37.4 Å². The minimum absolute atomic E-state index is 0.208. The average Bonchev–Trinajstić information content (AvgIpc) is 2.72. The molecule has 1 amide bonds. The Hall–Kier alpha value is -2.95. The molecule has 0 bridgehead atoms. The Bertz CT molecular complexity index is 1010. The lowest BCUT2D eigenvalue weighted by Crippen LogP contribution is -2.26. The van der Waals surface area contributed by atoms with Gasteiger partial charge in [0.25, 0.3) is 5.91 Å². The Morgan fingerprint density at radius 2 is 1.41 bits per heavy atom. The van der Waals surface area contributed by atoms with Crippen LogP contribution in [0.25, 0.3) is 0 Å². The number of carbonyl (C=O) groups excluding carboxylic acids is 2. The van der Waals surface area contributed by atoms with Crippen LogP contribution in [0, 0.1) is 0 Å². The number of carbonyl (C=O) groups is 2. The summed E-state index contributed by atoms with van der Waals surface area (Å²) in [5.74, 6) is -0.483. The number of hydrogen-bond acceptors (Lipinski definition) is 3. The molecule has 0 atom stereocenters. The molecule has 3 rings (SSSR count). The summed E-state index contributed by atoms with van der Waals surface area (Å²) in [6.45, 7) is 1.18. The summed E-state index contributed by atoms with van der Waals surface area (Å²) in [5.41, 5.74) is 3.43. The fourth-order valence-electron chi connectivity index (χ4n) is 3.13. The Balaban J connectivity index is 1.79. The van der Waals surface area contributed by atoms with E-state index in [1.165, 1.54) is 0 Å². The molecule has 0 unspecified atom stereocenters. The summed E-state index contributed by atoms with van der Waals surface area (Å²) in [6, 6.07) is 21.5. The molecule has 1 N–H and O–H groups in total. The molecule has 0 saturated heterocycles. The summed E-state index contributed by atoms with van der Waals surface area (Å²) in [7, 11) is 4.02. The minimum atomic E-state index is -0.275. The molecule has 29 heavy (non-hydrogen) atoms. The van der Waals surface area contributed by atoms with Gasteiger partial charge >= 0.3 is 0 Å². The molecule has 0 heterocycles.